The molecule has 1 N–H and O–H groups in total. The van der Waals surface area contributed by atoms with Crippen LogP contribution in [0, 0.1) is 6.92 Å². The first-order chi connectivity index (χ1) is 8.75. The molecule has 0 spiro atoms. The predicted molar refractivity (Wildman–Crippen MR) is 76.6 cm³/mol. The van der Waals surface area contributed by atoms with Crippen LogP contribution in [-0.4, -0.2) is 21.1 Å². The molecule has 0 aliphatic rings. The Kier molecular flexibility index (Phi) is 4.75. The van der Waals surface area contributed by atoms with Gasteiger partial charge in [-0.3, -0.25) is 0 Å². The molecule has 0 unspecified atom stereocenters. The summed E-state index contributed by atoms with van der Waals surface area (Å²) in [6.07, 6.45) is 9.77. The number of halogens is 1. The van der Waals surface area contributed by atoms with Crippen LogP contribution in [0.5, 0.6) is 0 Å². The number of anilines is 1. The van der Waals surface area contributed by atoms with Crippen LogP contribution in [0.15, 0.2) is 35.5 Å². The highest BCUT2D eigenvalue weighted by Crippen LogP contribution is 2.20. The van der Waals surface area contributed by atoms with Crippen molar-refractivity contribution in [1.82, 2.24) is 14.5 Å². The number of imidazole rings is 1. The number of hydrogen-bond donors (Lipinski definition) is 1. The maximum atomic E-state index is 4.35. The molecule has 0 aliphatic heterocycles. The number of aryl methyl sites for hydroxylation is 2. The van der Waals surface area contributed by atoms with E-state index in [2.05, 4.69) is 41.8 Å². The molecule has 18 heavy (non-hydrogen) atoms. The molecule has 2 heterocycles. The fraction of sp³-hybridized carbons (Fsp3) is 0.385. The minimum Gasteiger partial charge on any atom is -0.369 e. The number of hydrogen-bond acceptors (Lipinski definition) is 3. The summed E-state index contributed by atoms with van der Waals surface area (Å²) in [6.45, 7) is 3.99. The maximum absolute atomic E-state index is 4.35. The minimum atomic E-state index is 0.920. The van der Waals surface area contributed by atoms with Gasteiger partial charge >= 0.3 is 0 Å². The van der Waals surface area contributed by atoms with Gasteiger partial charge in [0.1, 0.15) is 5.82 Å². The highest BCUT2D eigenvalue weighted by molar-refractivity contribution is 9.10. The van der Waals surface area contributed by atoms with Crippen LogP contribution in [0.4, 0.5) is 5.82 Å². The van der Waals surface area contributed by atoms with Gasteiger partial charge < -0.3 is 9.88 Å². The molecule has 96 valence electrons. The van der Waals surface area contributed by atoms with Crippen molar-refractivity contribution in [3.05, 3.63) is 41.0 Å². The standard InChI is InChI=1S/C13H17BrN4/c1-11-8-12(14)13(17-9-11)16-4-2-3-6-18-7-5-15-10-18/h5,7-10H,2-4,6H2,1H3,(H,16,17). The van der Waals surface area contributed by atoms with Crippen LogP contribution in [0.3, 0.4) is 0 Å². The molecule has 0 saturated carbocycles. The number of nitrogens with one attached hydrogen (secondary N) is 1. The largest absolute Gasteiger partial charge is 0.369 e. The lowest BCUT2D eigenvalue weighted by molar-refractivity contribution is 0.620. The monoisotopic (exact) mass is 308 g/mol. The molecule has 0 aromatic carbocycles. The second-order valence-electron chi connectivity index (χ2n) is 4.28. The summed E-state index contributed by atoms with van der Waals surface area (Å²) in [4.78, 5) is 8.37. The maximum Gasteiger partial charge on any atom is 0.140 e. The summed E-state index contributed by atoms with van der Waals surface area (Å²) < 4.78 is 3.12. The van der Waals surface area contributed by atoms with Crippen molar-refractivity contribution in [2.24, 2.45) is 0 Å². The van der Waals surface area contributed by atoms with E-state index in [0.717, 1.165) is 41.8 Å². The van der Waals surface area contributed by atoms with E-state index in [-0.39, 0.29) is 0 Å². The molecule has 4 nitrogen and oxygen atoms in total. The van der Waals surface area contributed by atoms with Crippen LogP contribution in [0.2, 0.25) is 0 Å². The van der Waals surface area contributed by atoms with Crippen molar-refractivity contribution in [2.45, 2.75) is 26.3 Å². The quantitative estimate of drug-likeness (QED) is 0.833. The van der Waals surface area contributed by atoms with E-state index in [1.54, 1.807) is 0 Å². The molecule has 0 radical (unpaired) electrons. The van der Waals surface area contributed by atoms with Gasteiger partial charge in [-0.1, -0.05) is 0 Å². The van der Waals surface area contributed by atoms with E-state index < -0.39 is 0 Å². The summed E-state index contributed by atoms with van der Waals surface area (Å²) in [5, 5.41) is 3.34. The zero-order valence-corrected chi connectivity index (χ0v) is 12.0. The first kappa shape index (κ1) is 13.1. The Hall–Kier alpha value is -1.36. The molecule has 0 bridgehead atoms. The van der Waals surface area contributed by atoms with Gasteiger partial charge in [0.15, 0.2) is 0 Å². The number of nitrogens with zero attached hydrogens (tertiary/aromatic N) is 3. The average Bonchev–Trinajstić information content (AvgIpc) is 2.84. The molecule has 2 rings (SSSR count). The van der Waals surface area contributed by atoms with Crippen LogP contribution in [0.25, 0.3) is 0 Å². The van der Waals surface area contributed by atoms with Crippen LogP contribution in [0.1, 0.15) is 18.4 Å². The van der Waals surface area contributed by atoms with E-state index in [9.17, 15) is 0 Å². The number of pyridine rings is 1. The Morgan fingerprint density at radius 2 is 2.28 bits per heavy atom. The fourth-order valence-electron chi connectivity index (χ4n) is 1.71. The van der Waals surface area contributed by atoms with Crippen molar-refractivity contribution in [3.8, 4) is 0 Å². The minimum absolute atomic E-state index is 0.920. The van der Waals surface area contributed by atoms with Crippen molar-refractivity contribution in [2.75, 3.05) is 11.9 Å². The smallest absolute Gasteiger partial charge is 0.140 e. The second kappa shape index (κ2) is 6.54. The molecule has 0 amide bonds. The fourth-order valence-corrected chi connectivity index (χ4v) is 2.31. The zero-order valence-electron chi connectivity index (χ0n) is 10.4. The summed E-state index contributed by atoms with van der Waals surface area (Å²) in [7, 11) is 0. The van der Waals surface area contributed by atoms with E-state index in [1.165, 1.54) is 0 Å². The van der Waals surface area contributed by atoms with Crippen molar-refractivity contribution >= 4 is 21.7 Å². The van der Waals surface area contributed by atoms with E-state index in [0.29, 0.717) is 0 Å². The predicted octanol–water partition coefficient (Wildman–Crippen LogP) is 3.24. The van der Waals surface area contributed by atoms with Gasteiger partial charge in [-0.15, -0.1) is 0 Å². The van der Waals surface area contributed by atoms with E-state index in [4.69, 9.17) is 0 Å². The summed E-state index contributed by atoms with van der Waals surface area (Å²) in [5.74, 6) is 0.920. The van der Waals surface area contributed by atoms with Gasteiger partial charge in [-0.25, -0.2) is 9.97 Å². The van der Waals surface area contributed by atoms with Gasteiger partial charge in [-0.05, 0) is 47.3 Å². The van der Waals surface area contributed by atoms with Gasteiger partial charge in [-0.2, -0.15) is 0 Å². The van der Waals surface area contributed by atoms with Crippen molar-refractivity contribution in [3.63, 3.8) is 0 Å². The normalized spacial score (nSPS) is 10.6. The molecule has 0 aliphatic carbocycles. The lowest BCUT2D eigenvalue weighted by Gasteiger charge is -2.08. The molecule has 5 heteroatoms. The van der Waals surface area contributed by atoms with Crippen molar-refractivity contribution < 1.29 is 0 Å². The van der Waals surface area contributed by atoms with E-state index >= 15 is 0 Å². The van der Waals surface area contributed by atoms with Gasteiger partial charge in [0.2, 0.25) is 0 Å². The summed E-state index contributed by atoms with van der Waals surface area (Å²) in [5.41, 5.74) is 1.16. The highest BCUT2D eigenvalue weighted by Gasteiger charge is 2.00. The van der Waals surface area contributed by atoms with Gasteiger partial charge in [0.25, 0.3) is 0 Å². The third-order valence-corrected chi connectivity index (χ3v) is 3.28. The molecule has 0 atom stereocenters. The molecular weight excluding hydrogens is 292 g/mol. The number of rotatable bonds is 6. The summed E-state index contributed by atoms with van der Waals surface area (Å²) >= 11 is 3.51. The second-order valence-corrected chi connectivity index (χ2v) is 5.13. The third kappa shape index (κ3) is 3.84. The highest BCUT2D eigenvalue weighted by atomic mass is 79.9. The Morgan fingerprint density at radius 3 is 3.00 bits per heavy atom. The first-order valence-corrected chi connectivity index (χ1v) is 6.87. The van der Waals surface area contributed by atoms with Gasteiger partial charge in [0, 0.05) is 31.7 Å². The van der Waals surface area contributed by atoms with Crippen LogP contribution < -0.4 is 5.32 Å². The Balaban J connectivity index is 1.69. The Bertz CT molecular complexity index is 482. The Labute approximate surface area is 116 Å². The third-order valence-electron chi connectivity index (χ3n) is 2.67. The molecule has 0 saturated heterocycles. The SMILES string of the molecule is Cc1cnc(NCCCCn2ccnc2)c(Br)c1. The van der Waals surface area contributed by atoms with Crippen LogP contribution >= 0.6 is 15.9 Å². The van der Waals surface area contributed by atoms with Crippen molar-refractivity contribution in [1.29, 1.82) is 0 Å². The topological polar surface area (TPSA) is 42.7 Å². The Morgan fingerprint density at radius 1 is 1.39 bits per heavy atom. The average molecular weight is 309 g/mol. The lowest BCUT2D eigenvalue weighted by atomic mass is 10.3. The van der Waals surface area contributed by atoms with E-state index in [1.807, 2.05) is 31.8 Å². The van der Waals surface area contributed by atoms with Crippen LogP contribution in [-0.2, 0) is 6.54 Å². The number of aromatic nitrogens is 3. The zero-order chi connectivity index (χ0) is 12.8. The van der Waals surface area contributed by atoms with Gasteiger partial charge in [0.05, 0.1) is 10.8 Å². The molecule has 2 aromatic rings. The summed E-state index contributed by atoms with van der Waals surface area (Å²) in [6, 6.07) is 2.07. The molecule has 0 fully saturated rings. The lowest BCUT2D eigenvalue weighted by Crippen LogP contribution is -2.05. The molecule has 2 aromatic heterocycles. The number of unbranched alkanes of at least 4 members (excludes halogenated alkanes) is 1. The molecular formula is C13H17BrN4. The first-order valence-electron chi connectivity index (χ1n) is 6.07.